The normalized spacial score (nSPS) is 19.8. The van der Waals surface area contributed by atoms with Crippen molar-refractivity contribution >= 4 is 28.8 Å². The minimum atomic E-state index is -0.440. The zero-order valence-electron chi connectivity index (χ0n) is 16.8. The van der Waals surface area contributed by atoms with Gasteiger partial charge in [-0.15, -0.1) is 0 Å². The number of carbonyl (C=O) groups excluding carboxylic acids is 2. The summed E-state index contributed by atoms with van der Waals surface area (Å²) in [5.41, 5.74) is 8.03. The molecule has 0 aromatic heterocycles. The van der Waals surface area contributed by atoms with Gasteiger partial charge in [0.25, 0.3) is 0 Å². The number of carbonyl (C=O) groups is 2. The van der Waals surface area contributed by atoms with Crippen LogP contribution in [-0.4, -0.2) is 24.9 Å². The SMILES string of the molecule is CN1C2=CC=CCC2=C(c2ccc(NC(=O)[C@@H]3CCC(=O)N3)cc2)c2ccccc21. The lowest BCUT2D eigenvalue weighted by molar-refractivity contribution is -0.122. The highest BCUT2D eigenvalue weighted by molar-refractivity contribution is 5.99. The lowest BCUT2D eigenvalue weighted by Gasteiger charge is -2.35. The number of nitrogens with zero attached hydrogens (tertiary/aromatic N) is 1. The number of fused-ring (bicyclic) bond motifs is 2. The Kier molecular flexibility index (Phi) is 4.51. The minimum absolute atomic E-state index is 0.0646. The molecule has 2 aromatic carbocycles. The minimum Gasteiger partial charge on any atom is -0.344 e. The van der Waals surface area contributed by atoms with E-state index < -0.39 is 6.04 Å². The molecule has 0 unspecified atom stereocenters. The Morgan fingerprint density at radius 2 is 1.93 bits per heavy atom. The molecule has 0 spiro atoms. The predicted octanol–water partition coefficient (Wildman–Crippen LogP) is 4.00. The van der Waals surface area contributed by atoms with Gasteiger partial charge in [-0.05, 0) is 53.8 Å². The first-order valence-electron chi connectivity index (χ1n) is 10.3. The molecule has 2 aliphatic heterocycles. The number of rotatable bonds is 3. The van der Waals surface area contributed by atoms with Crippen LogP contribution in [0.5, 0.6) is 0 Å². The van der Waals surface area contributed by atoms with Crippen molar-refractivity contribution in [1.29, 1.82) is 0 Å². The quantitative estimate of drug-likeness (QED) is 0.823. The molecule has 2 N–H and O–H groups in total. The van der Waals surface area contributed by atoms with Gasteiger partial charge in [-0.2, -0.15) is 0 Å². The van der Waals surface area contributed by atoms with Crippen molar-refractivity contribution in [3.05, 3.63) is 89.2 Å². The predicted molar refractivity (Wildman–Crippen MR) is 119 cm³/mol. The van der Waals surface area contributed by atoms with Gasteiger partial charge in [0.05, 0.1) is 0 Å². The van der Waals surface area contributed by atoms with Crippen molar-refractivity contribution in [2.45, 2.75) is 25.3 Å². The van der Waals surface area contributed by atoms with Crippen LogP contribution in [0.1, 0.15) is 30.4 Å². The molecule has 5 heteroatoms. The third-order valence-corrected chi connectivity index (χ3v) is 5.97. The van der Waals surface area contributed by atoms with E-state index in [0.717, 1.165) is 17.7 Å². The van der Waals surface area contributed by atoms with Crippen LogP contribution in [0.4, 0.5) is 11.4 Å². The Morgan fingerprint density at radius 1 is 1.13 bits per heavy atom. The molecule has 1 atom stereocenters. The van der Waals surface area contributed by atoms with E-state index in [1.165, 1.54) is 28.1 Å². The van der Waals surface area contributed by atoms with Crippen LogP contribution in [0.3, 0.4) is 0 Å². The van der Waals surface area contributed by atoms with Crippen LogP contribution in [0, 0.1) is 0 Å². The lowest BCUT2D eigenvalue weighted by atomic mass is 9.84. The Balaban J connectivity index is 1.47. The average Bonchev–Trinajstić information content (AvgIpc) is 3.22. The molecule has 0 saturated carbocycles. The number of amides is 2. The summed E-state index contributed by atoms with van der Waals surface area (Å²) in [5, 5.41) is 5.62. The zero-order chi connectivity index (χ0) is 20.7. The van der Waals surface area contributed by atoms with Gasteiger partial charge in [-0.3, -0.25) is 9.59 Å². The molecule has 1 saturated heterocycles. The maximum absolute atomic E-state index is 12.4. The Hall–Kier alpha value is -3.60. The zero-order valence-corrected chi connectivity index (χ0v) is 16.8. The molecule has 1 aliphatic carbocycles. The molecule has 5 nitrogen and oxygen atoms in total. The van der Waals surface area contributed by atoms with Gasteiger partial charge >= 0.3 is 0 Å². The van der Waals surface area contributed by atoms with E-state index in [2.05, 4.69) is 77.2 Å². The molecule has 0 radical (unpaired) electrons. The van der Waals surface area contributed by atoms with Crippen molar-refractivity contribution in [3.63, 3.8) is 0 Å². The van der Waals surface area contributed by atoms with E-state index in [1.807, 2.05) is 12.1 Å². The lowest BCUT2D eigenvalue weighted by Crippen LogP contribution is -2.37. The molecular formula is C25H23N3O2. The van der Waals surface area contributed by atoms with Gasteiger partial charge in [0.2, 0.25) is 11.8 Å². The Labute approximate surface area is 175 Å². The standard InChI is InChI=1S/C25H23N3O2/c1-28-21-8-4-2-6-18(21)24(19-7-3-5-9-22(19)28)16-10-12-17(13-11-16)26-25(30)20-14-15-23(29)27-20/h2-6,8-13,20H,7,14-15H2,1H3,(H,26,30)(H,27,29)/t20-/m0/s1. The Bertz CT molecular complexity index is 1130. The number of likely N-dealkylation sites (N-methyl/N-ethyl adjacent to an activating group) is 1. The van der Waals surface area contributed by atoms with E-state index >= 15 is 0 Å². The van der Waals surface area contributed by atoms with E-state index in [1.54, 1.807) is 0 Å². The molecule has 150 valence electrons. The second-order valence-corrected chi connectivity index (χ2v) is 7.84. The number of benzene rings is 2. The van der Waals surface area contributed by atoms with E-state index in [9.17, 15) is 9.59 Å². The monoisotopic (exact) mass is 397 g/mol. The van der Waals surface area contributed by atoms with Crippen molar-refractivity contribution in [1.82, 2.24) is 5.32 Å². The summed E-state index contributed by atoms with van der Waals surface area (Å²) >= 11 is 0. The van der Waals surface area contributed by atoms with Gasteiger partial charge < -0.3 is 15.5 Å². The first-order chi connectivity index (χ1) is 14.6. The van der Waals surface area contributed by atoms with Gasteiger partial charge in [0, 0.05) is 36.1 Å². The number of hydrogen-bond donors (Lipinski definition) is 2. The molecule has 5 rings (SSSR count). The average molecular weight is 397 g/mol. The van der Waals surface area contributed by atoms with Crippen LogP contribution in [-0.2, 0) is 9.59 Å². The molecule has 1 fully saturated rings. The molecule has 2 amide bonds. The first-order valence-corrected chi connectivity index (χ1v) is 10.3. The van der Waals surface area contributed by atoms with Crippen molar-refractivity contribution in [3.8, 4) is 0 Å². The Morgan fingerprint density at radius 3 is 2.70 bits per heavy atom. The van der Waals surface area contributed by atoms with Gasteiger partial charge in [0.15, 0.2) is 0 Å². The van der Waals surface area contributed by atoms with Crippen LogP contribution < -0.4 is 15.5 Å². The summed E-state index contributed by atoms with van der Waals surface area (Å²) in [5.74, 6) is -0.229. The van der Waals surface area contributed by atoms with Crippen LogP contribution >= 0.6 is 0 Å². The van der Waals surface area contributed by atoms with Crippen molar-refractivity contribution in [2.24, 2.45) is 0 Å². The maximum Gasteiger partial charge on any atom is 0.246 e. The summed E-state index contributed by atoms with van der Waals surface area (Å²) in [4.78, 5) is 26.0. The summed E-state index contributed by atoms with van der Waals surface area (Å²) in [6, 6.07) is 16.0. The van der Waals surface area contributed by atoms with Crippen LogP contribution in [0.25, 0.3) is 5.57 Å². The van der Waals surface area contributed by atoms with Gasteiger partial charge in [0.1, 0.15) is 6.04 Å². The molecule has 0 bridgehead atoms. The molecule has 2 heterocycles. The number of hydrogen-bond acceptors (Lipinski definition) is 3. The molecule has 30 heavy (non-hydrogen) atoms. The van der Waals surface area contributed by atoms with Crippen LogP contribution in [0.2, 0.25) is 0 Å². The van der Waals surface area contributed by atoms with Crippen molar-refractivity contribution < 1.29 is 9.59 Å². The number of allylic oxidation sites excluding steroid dienone is 4. The third-order valence-electron chi connectivity index (χ3n) is 5.97. The van der Waals surface area contributed by atoms with Gasteiger partial charge in [-0.1, -0.05) is 42.5 Å². The number of para-hydroxylation sites is 1. The fourth-order valence-electron chi connectivity index (χ4n) is 4.45. The first kappa shape index (κ1) is 18.4. The van der Waals surface area contributed by atoms with Crippen molar-refractivity contribution in [2.75, 3.05) is 17.3 Å². The van der Waals surface area contributed by atoms with E-state index in [4.69, 9.17) is 0 Å². The largest absolute Gasteiger partial charge is 0.344 e. The summed E-state index contributed by atoms with van der Waals surface area (Å²) in [6.07, 6.45) is 8.31. The van der Waals surface area contributed by atoms with E-state index in [0.29, 0.717) is 12.8 Å². The molecule has 2 aromatic rings. The van der Waals surface area contributed by atoms with Crippen LogP contribution in [0.15, 0.2) is 78.0 Å². The smallest absolute Gasteiger partial charge is 0.246 e. The summed E-state index contributed by atoms with van der Waals surface area (Å²) < 4.78 is 0. The van der Waals surface area contributed by atoms with Gasteiger partial charge in [-0.25, -0.2) is 0 Å². The molecular weight excluding hydrogens is 374 g/mol. The third kappa shape index (κ3) is 3.12. The molecule has 3 aliphatic rings. The summed E-state index contributed by atoms with van der Waals surface area (Å²) in [6.45, 7) is 0. The number of anilines is 2. The topological polar surface area (TPSA) is 61.4 Å². The van der Waals surface area contributed by atoms with E-state index in [-0.39, 0.29) is 11.8 Å². The summed E-state index contributed by atoms with van der Waals surface area (Å²) in [7, 11) is 2.11. The second kappa shape index (κ2) is 7.34. The highest BCUT2D eigenvalue weighted by Crippen LogP contribution is 2.44. The second-order valence-electron chi connectivity index (χ2n) is 7.84. The highest BCUT2D eigenvalue weighted by Gasteiger charge is 2.28. The maximum atomic E-state index is 12.4. The fourth-order valence-corrected chi connectivity index (χ4v) is 4.45. The number of nitrogens with one attached hydrogen (secondary N) is 2. The fraction of sp³-hybridized carbons (Fsp3) is 0.200. The highest BCUT2D eigenvalue weighted by atomic mass is 16.2.